The monoisotopic (exact) mass is 154 g/mol. The molecule has 0 aliphatic carbocycles. The standard InChI is InChI=1S/C10H18O/c1-9(2)5-4-6-10(3)7-8-11/h4,6,10-11H,1,5,7-8H2,2-3H3. The molecule has 11 heavy (non-hydrogen) atoms. The Kier molecular flexibility index (Phi) is 5.86. The summed E-state index contributed by atoms with van der Waals surface area (Å²) in [6.07, 6.45) is 6.05. The first-order valence-corrected chi connectivity index (χ1v) is 4.08. The molecule has 0 aromatic heterocycles. The van der Waals surface area contributed by atoms with E-state index >= 15 is 0 Å². The molecule has 0 aromatic rings. The molecule has 0 saturated heterocycles. The maximum atomic E-state index is 8.59. The number of allylic oxidation sites excluding steroid dienone is 3. The molecular weight excluding hydrogens is 136 g/mol. The van der Waals surface area contributed by atoms with Crippen molar-refractivity contribution in [3.8, 4) is 0 Å². The van der Waals surface area contributed by atoms with Crippen molar-refractivity contribution in [3.05, 3.63) is 24.3 Å². The Morgan fingerprint density at radius 1 is 1.64 bits per heavy atom. The van der Waals surface area contributed by atoms with Gasteiger partial charge in [0.25, 0.3) is 0 Å². The van der Waals surface area contributed by atoms with Gasteiger partial charge < -0.3 is 5.11 Å². The zero-order valence-electron chi connectivity index (χ0n) is 7.51. The minimum Gasteiger partial charge on any atom is -0.396 e. The molecule has 0 aromatic carbocycles. The van der Waals surface area contributed by atoms with Crippen LogP contribution < -0.4 is 0 Å². The number of aliphatic hydroxyl groups is 1. The molecule has 0 aliphatic rings. The lowest BCUT2D eigenvalue weighted by Crippen LogP contribution is -1.92. The van der Waals surface area contributed by atoms with Crippen LogP contribution in [0, 0.1) is 5.92 Å². The van der Waals surface area contributed by atoms with Crippen molar-refractivity contribution in [1.29, 1.82) is 0 Å². The third kappa shape index (κ3) is 7.34. The minimum atomic E-state index is 0.276. The van der Waals surface area contributed by atoms with Crippen molar-refractivity contribution in [2.24, 2.45) is 5.92 Å². The minimum absolute atomic E-state index is 0.276. The lowest BCUT2D eigenvalue weighted by atomic mass is 10.1. The zero-order chi connectivity index (χ0) is 8.69. The summed E-state index contributed by atoms with van der Waals surface area (Å²) in [5.41, 5.74) is 1.18. The van der Waals surface area contributed by atoms with Gasteiger partial charge in [-0.3, -0.25) is 0 Å². The molecule has 0 amide bonds. The molecule has 0 saturated carbocycles. The van der Waals surface area contributed by atoms with Crippen molar-refractivity contribution < 1.29 is 5.11 Å². The molecule has 0 aliphatic heterocycles. The van der Waals surface area contributed by atoms with Gasteiger partial charge in [0.15, 0.2) is 0 Å². The van der Waals surface area contributed by atoms with Crippen LogP contribution in [0.5, 0.6) is 0 Å². The summed E-state index contributed by atoms with van der Waals surface area (Å²) in [5, 5.41) is 8.59. The van der Waals surface area contributed by atoms with Crippen LogP contribution in [-0.2, 0) is 0 Å². The summed E-state index contributed by atoms with van der Waals surface area (Å²) in [4.78, 5) is 0. The van der Waals surface area contributed by atoms with E-state index in [1.807, 2.05) is 6.92 Å². The lowest BCUT2D eigenvalue weighted by molar-refractivity contribution is 0.274. The molecule has 1 unspecified atom stereocenters. The Morgan fingerprint density at radius 2 is 2.27 bits per heavy atom. The summed E-state index contributed by atoms with van der Waals surface area (Å²) in [5.74, 6) is 0.486. The van der Waals surface area contributed by atoms with Gasteiger partial charge in [-0.1, -0.05) is 31.2 Å². The van der Waals surface area contributed by atoms with Gasteiger partial charge in [-0.15, -0.1) is 0 Å². The van der Waals surface area contributed by atoms with E-state index in [-0.39, 0.29) is 6.61 Å². The van der Waals surface area contributed by atoms with Gasteiger partial charge in [0.05, 0.1) is 0 Å². The molecule has 0 spiro atoms. The summed E-state index contributed by atoms with van der Waals surface area (Å²) in [7, 11) is 0. The van der Waals surface area contributed by atoms with Crippen molar-refractivity contribution >= 4 is 0 Å². The van der Waals surface area contributed by atoms with Gasteiger partial charge in [0.1, 0.15) is 0 Å². The summed E-state index contributed by atoms with van der Waals surface area (Å²) in [6.45, 7) is 8.19. The smallest absolute Gasteiger partial charge is 0.0436 e. The summed E-state index contributed by atoms with van der Waals surface area (Å²) >= 11 is 0. The largest absolute Gasteiger partial charge is 0.396 e. The van der Waals surface area contributed by atoms with Gasteiger partial charge in [-0.05, 0) is 25.7 Å². The summed E-state index contributed by atoms with van der Waals surface area (Å²) < 4.78 is 0. The third-order valence-corrected chi connectivity index (χ3v) is 1.52. The highest BCUT2D eigenvalue weighted by Gasteiger charge is 1.93. The van der Waals surface area contributed by atoms with Gasteiger partial charge in [-0.25, -0.2) is 0 Å². The van der Waals surface area contributed by atoms with Crippen LogP contribution in [0.3, 0.4) is 0 Å². The van der Waals surface area contributed by atoms with E-state index in [1.54, 1.807) is 0 Å². The van der Waals surface area contributed by atoms with E-state index in [2.05, 4.69) is 25.7 Å². The Bertz CT molecular complexity index is 136. The lowest BCUT2D eigenvalue weighted by Gasteiger charge is -2.01. The zero-order valence-corrected chi connectivity index (χ0v) is 7.51. The topological polar surface area (TPSA) is 20.2 Å². The highest BCUT2D eigenvalue weighted by atomic mass is 16.2. The SMILES string of the molecule is C=C(C)CC=CC(C)CCO. The van der Waals surface area contributed by atoms with Crippen LogP contribution >= 0.6 is 0 Å². The fourth-order valence-electron chi connectivity index (χ4n) is 0.801. The van der Waals surface area contributed by atoms with Crippen LogP contribution in [0.15, 0.2) is 24.3 Å². The van der Waals surface area contributed by atoms with E-state index in [1.165, 1.54) is 5.57 Å². The van der Waals surface area contributed by atoms with E-state index < -0.39 is 0 Å². The molecule has 0 radical (unpaired) electrons. The fraction of sp³-hybridized carbons (Fsp3) is 0.600. The van der Waals surface area contributed by atoms with Crippen LogP contribution in [0.1, 0.15) is 26.7 Å². The highest BCUT2D eigenvalue weighted by Crippen LogP contribution is 2.05. The first-order chi connectivity index (χ1) is 5.16. The molecular formula is C10H18O. The molecule has 1 N–H and O–H groups in total. The number of aliphatic hydroxyl groups excluding tert-OH is 1. The molecule has 64 valence electrons. The Hall–Kier alpha value is -0.560. The molecule has 0 rings (SSSR count). The molecule has 0 fully saturated rings. The predicted octanol–water partition coefficient (Wildman–Crippen LogP) is 2.53. The fourth-order valence-corrected chi connectivity index (χ4v) is 0.801. The number of rotatable bonds is 5. The first kappa shape index (κ1) is 10.4. The Labute approximate surface area is 69.4 Å². The van der Waals surface area contributed by atoms with E-state index in [0.717, 1.165) is 12.8 Å². The van der Waals surface area contributed by atoms with E-state index in [0.29, 0.717) is 5.92 Å². The van der Waals surface area contributed by atoms with E-state index in [9.17, 15) is 0 Å². The average Bonchev–Trinajstić information content (AvgIpc) is 1.87. The van der Waals surface area contributed by atoms with Gasteiger partial charge in [-0.2, -0.15) is 0 Å². The van der Waals surface area contributed by atoms with Gasteiger partial charge in [0, 0.05) is 6.61 Å². The highest BCUT2D eigenvalue weighted by molar-refractivity contribution is 4.99. The number of hydrogen-bond donors (Lipinski definition) is 1. The molecule has 1 heteroatoms. The first-order valence-electron chi connectivity index (χ1n) is 4.08. The van der Waals surface area contributed by atoms with Crippen molar-refractivity contribution in [3.63, 3.8) is 0 Å². The van der Waals surface area contributed by atoms with Gasteiger partial charge >= 0.3 is 0 Å². The predicted molar refractivity (Wildman–Crippen MR) is 49.4 cm³/mol. The molecule has 0 bridgehead atoms. The maximum Gasteiger partial charge on any atom is 0.0436 e. The second kappa shape index (κ2) is 6.17. The second-order valence-corrected chi connectivity index (χ2v) is 3.08. The quantitative estimate of drug-likeness (QED) is 0.603. The average molecular weight is 154 g/mol. The number of hydrogen-bond acceptors (Lipinski definition) is 1. The Morgan fingerprint density at radius 3 is 2.73 bits per heavy atom. The normalized spacial score (nSPS) is 13.7. The molecule has 1 nitrogen and oxygen atoms in total. The van der Waals surface area contributed by atoms with Crippen molar-refractivity contribution in [1.82, 2.24) is 0 Å². The molecule has 1 atom stereocenters. The second-order valence-electron chi connectivity index (χ2n) is 3.08. The van der Waals surface area contributed by atoms with Crippen molar-refractivity contribution in [2.45, 2.75) is 26.7 Å². The third-order valence-electron chi connectivity index (χ3n) is 1.52. The molecule has 0 heterocycles. The van der Waals surface area contributed by atoms with E-state index in [4.69, 9.17) is 5.11 Å². The van der Waals surface area contributed by atoms with Crippen LogP contribution in [-0.4, -0.2) is 11.7 Å². The van der Waals surface area contributed by atoms with Crippen LogP contribution in [0.2, 0.25) is 0 Å². The van der Waals surface area contributed by atoms with Crippen LogP contribution in [0.25, 0.3) is 0 Å². The van der Waals surface area contributed by atoms with Crippen molar-refractivity contribution in [2.75, 3.05) is 6.61 Å². The Balaban J connectivity index is 3.47. The summed E-state index contributed by atoms with van der Waals surface area (Å²) in [6, 6.07) is 0. The van der Waals surface area contributed by atoms with Gasteiger partial charge in [0.2, 0.25) is 0 Å². The van der Waals surface area contributed by atoms with Crippen LogP contribution in [0.4, 0.5) is 0 Å². The maximum absolute atomic E-state index is 8.59.